The monoisotopic (exact) mass is 381 g/mol. The Morgan fingerprint density at radius 3 is 2.64 bits per heavy atom. The molecule has 28 heavy (non-hydrogen) atoms. The second-order valence-electron chi connectivity index (χ2n) is 6.80. The zero-order chi connectivity index (χ0) is 19.6. The van der Waals surface area contributed by atoms with Gasteiger partial charge in [-0.05, 0) is 19.4 Å². The van der Waals surface area contributed by atoms with Crippen LogP contribution in [0.4, 0.5) is 0 Å². The number of piperazine rings is 1. The molecule has 1 N–H and O–H groups in total. The van der Waals surface area contributed by atoms with Crippen LogP contribution in [0, 0.1) is 0 Å². The van der Waals surface area contributed by atoms with E-state index in [0.29, 0.717) is 6.54 Å². The standard InChI is InChI=1S/C21H31N7/c1-3-22-21(23-17-20-25-24-18-27(20)4-2)28-15-13-26(14-16-28)12-8-11-19-9-6-5-7-10-19/h5-11,18H,3-4,12-17H2,1-2H3,(H,22,23). The number of hydrogen-bond acceptors (Lipinski definition) is 4. The van der Waals surface area contributed by atoms with Gasteiger partial charge in [-0.25, -0.2) is 4.99 Å². The molecule has 0 saturated carbocycles. The maximum absolute atomic E-state index is 4.79. The predicted octanol–water partition coefficient (Wildman–Crippen LogP) is 2.09. The molecule has 1 fully saturated rings. The summed E-state index contributed by atoms with van der Waals surface area (Å²) in [5.41, 5.74) is 1.25. The van der Waals surface area contributed by atoms with Crippen molar-refractivity contribution >= 4 is 12.0 Å². The smallest absolute Gasteiger partial charge is 0.194 e. The third-order valence-electron chi connectivity index (χ3n) is 4.89. The average molecular weight is 382 g/mol. The lowest BCUT2D eigenvalue weighted by molar-refractivity contribution is 0.194. The number of aryl methyl sites for hydroxylation is 1. The molecule has 0 radical (unpaired) electrons. The Labute approximate surface area is 167 Å². The van der Waals surface area contributed by atoms with Crippen molar-refractivity contribution in [3.63, 3.8) is 0 Å². The first-order valence-electron chi connectivity index (χ1n) is 10.1. The normalized spacial score (nSPS) is 16.1. The van der Waals surface area contributed by atoms with E-state index in [1.807, 2.05) is 10.6 Å². The lowest BCUT2D eigenvalue weighted by Gasteiger charge is -2.36. The van der Waals surface area contributed by atoms with E-state index in [1.54, 1.807) is 6.33 Å². The van der Waals surface area contributed by atoms with E-state index in [4.69, 9.17) is 4.99 Å². The van der Waals surface area contributed by atoms with Gasteiger partial charge in [0, 0.05) is 45.8 Å². The summed E-state index contributed by atoms with van der Waals surface area (Å²) < 4.78 is 2.03. The third-order valence-corrected chi connectivity index (χ3v) is 4.89. The van der Waals surface area contributed by atoms with Gasteiger partial charge in [0.1, 0.15) is 12.9 Å². The van der Waals surface area contributed by atoms with E-state index in [2.05, 4.69) is 75.6 Å². The summed E-state index contributed by atoms with van der Waals surface area (Å²) in [6.07, 6.45) is 6.21. The Hall–Kier alpha value is -2.67. The molecular formula is C21H31N7. The Balaban J connectivity index is 1.51. The molecule has 0 amide bonds. The SMILES string of the molecule is CCNC(=NCc1nncn1CC)N1CCN(CC=Cc2ccccc2)CC1. The minimum Gasteiger partial charge on any atom is -0.357 e. The zero-order valence-electron chi connectivity index (χ0n) is 17.0. The lowest BCUT2D eigenvalue weighted by atomic mass is 10.2. The molecule has 1 aliphatic rings. The van der Waals surface area contributed by atoms with Gasteiger partial charge in [-0.1, -0.05) is 42.5 Å². The summed E-state index contributed by atoms with van der Waals surface area (Å²) in [7, 11) is 0. The van der Waals surface area contributed by atoms with Crippen LogP contribution < -0.4 is 5.32 Å². The van der Waals surface area contributed by atoms with Crippen molar-refractivity contribution in [3.8, 4) is 0 Å². The summed E-state index contributed by atoms with van der Waals surface area (Å²) in [5, 5.41) is 11.6. The number of benzene rings is 1. The fraction of sp³-hybridized carbons (Fsp3) is 0.476. The summed E-state index contributed by atoms with van der Waals surface area (Å²) in [4.78, 5) is 9.61. The third kappa shape index (κ3) is 5.66. The lowest BCUT2D eigenvalue weighted by Crippen LogP contribution is -2.52. The zero-order valence-corrected chi connectivity index (χ0v) is 17.0. The minimum absolute atomic E-state index is 0.552. The molecule has 1 aromatic carbocycles. The van der Waals surface area contributed by atoms with E-state index in [-0.39, 0.29) is 0 Å². The van der Waals surface area contributed by atoms with Gasteiger partial charge in [-0.3, -0.25) is 4.90 Å². The van der Waals surface area contributed by atoms with Crippen LogP contribution in [-0.2, 0) is 13.1 Å². The van der Waals surface area contributed by atoms with Gasteiger partial charge in [0.25, 0.3) is 0 Å². The molecule has 0 aliphatic carbocycles. The van der Waals surface area contributed by atoms with Crippen molar-refractivity contribution < 1.29 is 0 Å². The van der Waals surface area contributed by atoms with Crippen LogP contribution in [0.25, 0.3) is 6.08 Å². The van der Waals surface area contributed by atoms with Crippen molar-refractivity contribution in [1.29, 1.82) is 0 Å². The quantitative estimate of drug-likeness (QED) is 0.588. The molecule has 150 valence electrons. The van der Waals surface area contributed by atoms with Crippen LogP contribution >= 0.6 is 0 Å². The Bertz CT molecular complexity index is 758. The van der Waals surface area contributed by atoms with E-state index in [9.17, 15) is 0 Å². The molecule has 3 rings (SSSR count). The van der Waals surface area contributed by atoms with Gasteiger partial charge >= 0.3 is 0 Å². The molecule has 1 aliphatic heterocycles. The van der Waals surface area contributed by atoms with E-state index >= 15 is 0 Å². The Morgan fingerprint density at radius 1 is 1.14 bits per heavy atom. The molecular weight excluding hydrogens is 350 g/mol. The average Bonchev–Trinajstić information content (AvgIpc) is 3.20. The van der Waals surface area contributed by atoms with Crippen LogP contribution in [-0.4, -0.2) is 69.8 Å². The molecule has 0 atom stereocenters. The van der Waals surface area contributed by atoms with Crippen molar-refractivity contribution in [2.45, 2.75) is 26.9 Å². The molecule has 0 unspecified atom stereocenters. The molecule has 0 spiro atoms. The minimum atomic E-state index is 0.552. The van der Waals surface area contributed by atoms with E-state index in [0.717, 1.165) is 57.6 Å². The first kappa shape index (κ1) is 20.1. The maximum atomic E-state index is 4.79. The van der Waals surface area contributed by atoms with E-state index < -0.39 is 0 Å². The number of nitrogens with zero attached hydrogens (tertiary/aromatic N) is 6. The number of hydrogen-bond donors (Lipinski definition) is 1. The summed E-state index contributed by atoms with van der Waals surface area (Å²) in [6, 6.07) is 10.5. The first-order valence-corrected chi connectivity index (χ1v) is 10.1. The molecule has 2 aromatic rings. The predicted molar refractivity (Wildman–Crippen MR) is 114 cm³/mol. The topological polar surface area (TPSA) is 61.6 Å². The highest BCUT2D eigenvalue weighted by Gasteiger charge is 2.19. The Morgan fingerprint density at radius 2 is 1.93 bits per heavy atom. The van der Waals surface area contributed by atoms with Crippen molar-refractivity contribution in [3.05, 3.63) is 54.1 Å². The van der Waals surface area contributed by atoms with Crippen molar-refractivity contribution in [1.82, 2.24) is 29.9 Å². The van der Waals surface area contributed by atoms with Gasteiger partial charge in [-0.2, -0.15) is 0 Å². The molecule has 7 nitrogen and oxygen atoms in total. The van der Waals surface area contributed by atoms with Gasteiger partial charge in [0.15, 0.2) is 11.8 Å². The highest BCUT2D eigenvalue weighted by molar-refractivity contribution is 5.80. The second-order valence-corrected chi connectivity index (χ2v) is 6.80. The molecule has 0 bridgehead atoms. The fourth-order valence-electron chi connectivity index (χ4n) is 3.28. The summed E-state index contributed by atoms with van der Waals surface area (Å²) >= 11 is 0. The second kappa shape index (κ2) is 10.6. The molecule has 1 aromatic heterocycles. The maximum Gasteiger partial charge on any atom is 0.194 e. The first-order chi connectivity index (χ1) is 13.8. The summed E-state index contributed by atoms with van der Waals surface area (Å²) in [5.74, 6) is 1.87. The largest absolute Gasteiger partial charge is 0.357 e. The van der Waals surface area contributed by atoms with Crippen LogP contribution in [0.1, 0.15) is 25.2 Å². The number of nitrogens with one attached hydrogen (secondary N) is 1. The van der Waals surface area contributed by atoms with Gasteiger partial charge in [0.2, 0.25) is 0 Å². The van der Waals surface area contributed by atoms with Crippen LogP contribution in [0.2, 0.25) is 0 Å². The van der Waals surface area contributed by atoms with Crippen LogP contribution in [0.5, 0.6) is 0 Å². The van der Waals surface area contributed by atoms with Gasteiger partial charge < -0.3 is 14.8 Å². The highest BCUT2D eigenvalue weighted by Crippen LogP contribution is 2.06. The van der Waals surface area contributed by atoms with Crippen molar-refractivity contribution in [2.75, 3.05) is 39.3 Å². The van der Waals surface area contributed by atoms with Crippen LogP contribution in [0.3, 0.4) is 0 Å². The fourth-order valence-corrected chi connectivity index (χ4v) is 3.28. The van der Waals surface area contributed by atoms with Crippen molar-refractivity contribution in [2.24, 2.45) is 4.99 Å². The number of aliphatic imine (C=N–C) groups is 1. The number of guanidine groups is 1. The Kier molecular flexibility index (Phi) is 7.61. The molecule has 1 saturated heterocycles. The number of aromatic nitrogens is 3. The van der Waals surface area contributed by atoms with E-state index in [1.165, 1.54) is 5.56 Å². The number of rotatable bonds is 7. The van der Waals surface area contributed by atoms with Gasteiger partial charge in [0.05, 0.1) is 0 Å². The molecule has 7 heteroatoms. The molecule has 2 heterocycles. The van der Waals surface area contributed by atoms with Crippen LogP contribution in [0.15, 0.2) is 47.7 Å². The highest BCUT2D eigenvalue weighted by atomic mass is 15.4. The van der Waals surface area contributed by atoms with Gasteiger partial charge in [-0.15, -0.1) is 10.2 Å². The summed E-state index contributed by atoms with van der Waals surface area (Å²) in [6.45, 7) is 11.5.